The van der Waals surface area contributed by atoms with Crippen LogP contribution in [0.5, 0.6) is 0 Å². The Morgan fingerprint density at radius 1 is 0.591 bits per heavy atom. The monoisotopic (exact) mass is 375 g/mol. The van der Waals surface area contributed by atoms with Crippen LogP contribution in [-0.2, 0) is 40.8 Å². The molecule has 0 amide bonds. The van der Waals surface area contributed by atoms with Crippen LogP contribution in [0.3, 0.4) is 0 Å². The molecule has 0 unspecified atom stereocenters. The predicted octanol–water partition coefficient (Wildman–Crippen LogP) is 3.10. The Bertz CT molecular complexity index is 405. The second kappa shape index (κ2) is 7.75. The molecular weight excluding hydrogens is 357 g/mol. The van der Waals surface area contributed by atoms with Gasteiger partial charge >= 0.3 is 24.8 Å². The van der Waals surface area contributed by atoms with Gasteiger partial charge in [0.05, 0.1) is 5.41 Å². The normalized spacial score (nSPS) is 34.9. The van der Waals surface area contributed by atoms with Crippen molar-refractivity contribution in [1.29, 1.82) is 0 Å². The molecule has 0 radical (unpaired) electrons. The lowest BCUT2D eigenvalue weighted by molar-refractivity contribution is -0.0582. The van der Waals surface area contributed by atoms with Crippen LogP contribution in [-0.4, -0.2) is 39.6 Å². The Labute approximate surface area is 130 Å². The van der Waals surface area contributed by atoms with Crippen molar-refractivity contribution in [2.45, 2.75) is 13.8 Å². The summed E-state index contributed by atoms with van der Waals surface area (Å²) in [6.45, 7) is 6.10. The topological polar surface area (TPSA) is 107 Å². The Morgan fingerprint density at radius 3 is 1.14 bits per heavy atom. The molecule has 0 bridgehead atoms. The third-order valence-corrected chi connectivity index (χ3v) is 5.07. The van der Waals surface area contributed by atoms with Gasteiger partial charge in [-0.3, -0.25) is 0 Å². The fourth-order valence-electron chi connectivity index (χ4n) is 1.62. The summed E-state index contributed by atoms with van der Waals surface area (Å²) < 4.78 is 60.8. The Morgan fingerprint density at radius 2 is 0.864 bits per heavy atom. The summed E-state index contributed by atoms with van der Waals surface area (Å²) in [4.78, 5) is 0. The zero-order valence-corrected chi connectivity index (χ0v) is 14.9. The van der Waals surface area contributed by atoms with Crippen molar-refractivity contribution in [3.05, 3.63) is 0 Å². The van der Waals surface area contributed by atoms with Crippen molar-refractivity contribution < 1.29 is 40.8 Å². The molecule has 0 aromatic carbocycles. The van der Waals surface area contributed by atoms with Gasteiger partial charge < -0.3 is 0 Å². The van der Waals surface area contributed by atoms with Gasteiger partial charge in [-0.25, -0.2) is 0 Å². The second-order valence-electron chi connectivity index (χ2n) is 5.98. The lowest BCUT2D eigenvalue weighted by Gasteiger charge is -2.27. The van der Waals surface area contributed by atoms with E-state index in [0.717, 1.165) is 0 Å². The molecule has 3 heterocycles. The van der Waals surface area contributed by atoms with Crippen molar-refractivity contribution >= 4 is 24.8 Å². The highest BCUT2D eigenvalue weighted by molar-refractivity contribution is 7.33. The maximum Gasteiger partial charge on any atom is 0.697 e. The number of hydrogen-bond acceptors (Lipinski definition) is 9. The maximum atomic E-state index is 10.7. The van der Waals surface area contributed by atoms with Crippen LogP contribution in [0.15, 0.2) is 0 Å². The molecule has 0 aromatic heterocycles. The van der Waals surface area contributed by atoms with Crippen molar-refractivity contribution in [2.24, 2.45) is 10.8 Å². The fourth-order valence-corrected chi connectivity index (χ4v) is 4.27. The zero-order valence-electron chi connectivity index (χ0n) is 12.3. The molecule has 0 aromatic rings. The van der Waals surface area contributed by atoms with Gasteiger partial charge in [-0.15, -0.1) is 27.1 Å². The highest BCUT2D eigenvalue weighted by Gasteiger charge is 2.51. The van der Waals surface area contributed by atoms with Gasteiger partial charge in [-0.05, 0) is 0 Å². The molecule has 124 valence electrons. The second-order valence-corrected chi connectivity index (χ2v) is 8.87. The number of hydrogen-bond donors (Lipinski definition) is 0. The first-order valence-corrected chi connectivity index (χ1v) is 9.78. The van der Waals surface area contributed by atoms with E-state index < -0.39 is 30.2 Å². The van der Waals surface area contributed by atoms with Crippen molar-refractivity contribution in [1.82, 2.24) is 0 Å². The smallest absolute Gasteiger partial charge is 0.118 e. The summed E-state index contributed by atoms with van der Waals surface area (Å²) in [5.41, 5.74) is -0.407. The molecule has 0 aliphatic carbocycles. The third-order valence-electron chi connectivity index (χ3n) is 3.03. The van der Waals surface area contributed by atoms with E-state index in [-0.39, 0.29) is 31.8 Å². The van der Waals surface area contributed by atoms with Gasteiger partial charge in [0.25, 0.3) is 0 Å². The molecule has 22 heavy (non-hydrogen) atoms. The summed E-state index contributed by atoms with van der Waals surface area (Å²) in [5, 5.41) is 0. The zero-order chi connectivity index (χ0) is 16.2. The van der Waals surface area contributed by atoms with E-state index in [2.05, 4.69) is 0 Å². The fraction of sp³-hybridized carbons (Fsp3) is 1.00. The quantitative estimate of drug-likeness (QED) is 0.590. The first-order valence-electron chi connectivity index (χ1n) is 6.50. The summed E-state index contributed by atoms with van der Waals surface area (Å²) >= 11 is 0. The highest BCUT2D eigenvalue weighted by atomic mass is 31.1. The summed E-state index contributed by atoms with van der Waals surface area (Å²) in [7, 11) is -5.78. The SMILES string of the molecule is CC1(C)CO[P+](=O)OC1.O=[P+]1OCC2(CO1)CO[P+](=O)OC2. The average Bonchev–Trinajstić information content (AvgIpc) is 2.49. The molecule has 3 aliphatic heterocycles. The van der Waals surface area contributed by atoms with Gasteiger partial charge in [0.2, 0.25) is 0 Å². The van der Waals surface area contributed by atoms with Crippen LogP contribution in [0.4, 0.5) is 0 Å². The van der Waals surface area contributed by atoms with Crippen LogP contribution in [0, 0.1) is 10.8 Å². The van der Waals surface area contributed by atoms with Gasteiger partial charge in [-0.2, -0.15) is 0 Å². The van der Waals surface area contributed by atoms with E-state index in [4.69, 9.17) is 27.1 Å². The minimum atomic E-state index is -1.99. The van der Waals surface area contributed by atoms with Crippen LogP contribution >= 0.6 is 24.8 Å². The molecule has 3 aliphatic rings. The highest BCUT2D eigenvalue weighted by Crippen LogP contribution is 2.43. The van der Waals surface area contributed by atoms with E-state index in [1.54, 1.807) is 0 Å². The lowest BCUT2D eigenvalue weighted by atomic mass is 9.93. The van der Waals surface area contributed by atoms with Gasteiger partial charge in [0, 0.05) is 19.1 Å². The standard InChI is InChI=1S/C5H8O6P2.C5H10O3P/c6-12-8-1-5(2-9-12)3-10-13(7)11-4-5;1-5(2)3-7-9(6)8-4-5/h1-4H2;3-4H2,1-2H3/q+2;+1. The van der Waals surface area contributed by atoms with Crippen LogP contribution in [0.2, 0.25) is 0 Å². The third kappa shape index (κ3) is 5.60. The van der Waals surface area contributed by atoms with E-state index in [9.17, 15) is 13.7 Å². The van der Waals surface area contributed by atoms with E-state index in [0.29, 0.717) is 13.2 Å². The molecule has 0 atom stereocenters. The summed E-state index contributed by atoms with van der Waals surface area (Å²) in [6, 6.07) is 0. The van der Waals surface area contributed by atoms with Crippen molar-refractivity contribution in [3.63, 3.8) is 0 Å². The lowest BCUT2D eigenvalue weighted by Crippen LogP contribution is -2.43. The molecule has 0 N–H and O–H groups in total. The Balaban J connectivity index is 0.000000172. The largest absolute Gasteiger partial charge is 0.697 e. The molecule has 9 nitrogen and oxygen atoms in total. The van der Waals surface area contributed by atoms with Crippen molar-refractivity contribution in [3.8, 4) is 0 Å². The molecule has 1 spiro atoms. The van der Waals surface area contributed by atoms with Gasteiger partial charge in [0.1, 0.15) is 39.6 Å². The molecule has 3 saturated heterocycles. The van der Waals surface area contributed by atoms with E-state index in [1.165, 1.54) is 0 Å². The van der Waals surface area contributed by atoms with E-state index in [1.807, 2.05) is 13.8 Å². The molecule has 0 saturated carbocycles. The Kier molecular flexibility index (Phi) is 6.48. The van der Waals surface area contributed by atoms with Crippen LogP contribution < -0.4 is 0 Å². The minimum absolute atomic E-state index is 0.0310. The van der Waals surface area contributed by atoms with Crippen LogP contribution in [0.25, 0.3) is 0 Å². The van der Waals surface area contributed by atoms with Crippen LogP contribution in [0.1, 0.15) is 13.8 Å². The summed E-state index contributed by atoms with van der Waals surface area (Å²) in [6.07, 6.45) is 0. The Hall–Kier alpha value is 0.0600. The molecular formula is C10H18O9P3+3. The van der Waals surface area contributed by atoms with Gasteiger partial charge in [-0.1, -0.05) is 13.8 Å². The molecule has 12 heteroatoms. The number of rotatable bonds is 0. The predicted molar refractivity (Wildman–Crippen MR) is 74.7 cm³/mol. The first kappa shape index (κ1) is 18.4. The summed E-state index contributed by atoms with van der Waals surface area (Å²) in [5.74, 6) is 0. The minimum Gasteiger partial charge on any atom is -0.118 e. The average molecular weight is 375 g/mol. The van der Waals surface area contributed by atoms with E-state index >= 15 is 0 Å². The molecule has 3 rings (SSSR count). The first-order chi connectivity index (χ1) is 10.3. The van der Waals surface area contributed by atoms with Crippen molar-refractivity contribution in [2.75, 3.05) is 39.6 Å². The maximum absolute atomic E-state index is 10.7. The van der Waals surface area contributed by atoms with Gasteiger partial charge in [0.15, 0.2) is 0 Å². The molecule has 3 fully saturated rings.